The second kappa shape index (κ2) is 3.91. The van der Waals surface area contributed by atoms with Crippen LogP contribution in [0.1, 0.15) is 11.5 Å². The molecule has 3 rings (SSSR count). The van der Waals surface area contributed by atoms with E-state index in [1.54, 1.807) is 0 Å². The molecule has 1 heterocycles. The van der Waals surface area contributed by atoms with Gasteiger partial charge in [0.2, 0.25) is 5.89 Å². The molecule has 0 atom stereocenters. The summed E-state index contributed by atoms with van der Waals surface area (Å²) in [6, 6.07) is 17.6. The molecule has 3 aromatic rings. The van der Waals surface area contributed by atoms with Crippen molar-refractivity contribution in [2.24, 2.45) is 0 Å². The molecule has 0 saturated carbocycles. The van der Waals surface area contributed by atoms with Gasteiger partial charge in [0, 0.05) is 5.57 Å². The van der Waals surface area contributed by atoms with Crippen LogP contribution in [0.25, 0.3) is 16.7 Å². The Balaban J connectivity index is 2.07. The highest BCUT2D eigenvalue weighted by atomic mass is 16.3. The van der Waals surface area contributed by atoms with Gasteiger partial charge in [-0.2, -0.15) is 0 Å². The van der Waals surface area contributed by atoms with E-state index in [1.807, 2.05) is 54.6 Å². The summed E-state index contributed by atoms with van der Waals surface area (Å²) in [4.78, 5) is 4.42. The van der Waals surface area contributed by atoms with E-state index in [0.717, 1.165) is 22.2 Å². The van der Waals surface area contributed by atoms with E-state index in [1.165, 1.54) is 0 Å². The molecule has 0 fully saturated rings. The fourth-order valence-corrected chi connectivity index (χ4v) is 1.76. The van der Waals surface area contributed by atoms with Crippen molar-refractivity contribution in [1.82, 2.24) is 4.98 Å². The predicted octanol–water partition coefficient (Wildman–Crippen LogP) is 3.89. The van der Waals surface area contributed by atoms with Crippen LogP contribution < -0.4 is 0 Å². The van der Waals surface area contributed by atoms with Crippen molar-refractivity contribution in [2.45, 2.75) is 0 Å². The minimum Gasteiger partial charge on any atom is -0.436 e. The maximum Gasteiger partial charge on any atom is 0.227 e. The fraction of sp³-hybridized carbons (Fsp3) is 0. The summed E-state index contributed by atoms with van der Waals surface area (Å²) in [5, 5.41) is 0. The summed E-state index contributed by atoms with van der Waals surface area (Å²) in [5.74, 6) is 0.581. The lowest BCUT2D eigenvalue weighted by Gasteiger charge is -1.99. The van der Waals surface area contributed by atoms with Crippen molar-refractivity contribution in [3.8, 4) is 0 Å². The van der Waals surface area contributed by atoms with Crippen LogP contribution >= 0.6 is 0 Å². The summed E-state index contributed by atoms with van der Waals surface area (Å²) in [6.45, 7) is 4.03. The van der Waals surface area contributed by atoms with Gasteiger partial charge >= 0.3 is 0 Å². The molecular weight excluding hydrogens is 210 g/mol. The number of oxazole rings is 1. The maximum atomic E-state index is 5.67. The number of para-hydroxylation sites is 2. The average molecular weight is 221 g/mol. The smallest absolute Gasteiger partial charge is 0.227 e. The summed E-state index contributed by atoms with van der Waals surface area (Å²) >= 11 is 0. The molecule has 82 valence electrons. The number of benzene rings is 2. The molecule has 0 amide bonds. The lowest BCUT2D eigenvalue weighted by atomic mass is 10.1. The molecule has 2 nitrogen and oxygen atoms in total. The Hall–Kier alpha value is -2.35. The third-order valence-electron chi connectivity index (χ3n) is 2.67. The SMILES string of the molecule is C=C(c1ccccc1)c1nc2ccccc2o1. The standard InChI is InChI=1S/C15H11NO/c1-11(12-7-3-2-4-8-12)15-16-13-9-5-6-10-14(13)17-15/h2-10H,1H2. The number of nitrogens with zero attached hydrogens (tertiary/aromatic N) is 1. The fourth-order valence-electron chi connectivity index (χ4n) is 1.76. The summed E-state index contributed by atoms with van der Waals surface area (Å²) < 4.78 is 5.67. The zero-order valence-corrected chi connectivity index (χ0v) is 9.26. The molecule has 2 heteroatoms. The molecule has 2 aromatic carbocycles. The van der Waals surface area contributed by atoms with Gasteiger partial charge in [0.05, 0.1) is 0 Å². The van der Waals surface area contributed by atoms with E-state index in [0.29, 0.717) is 5.89 Å². The molecule has 0 aliphatic carbocycles. The number of rotatable bonds is 2. The average Bonchev–Trinajstić information content (AvgIpc) is 2.82. The van der Waals surface area contributed by atoms with Crippen LogP contribution in [0.4, 0.5) is 0 Å². The van der Waals surface area contributed by atoms with Crippen LogP contribution in [0.5, 0.6) is 0 Å². The van der Waals surface area contributed by atoms with Crippen LogP contribution in [-0.4, -0.2) is 4.98 Å². The van der Waals surface area contributed by atoms with E-state index >= 15 is 0 Å². The van der Waals surface area contributed by atoms with Crippen molar-refractivity contribution in [3.05, 3.63) is 72.6 Å². The Morgan fingerprint density at radius 3 is 2.41 bits per heavy atom. The first kappa shape index (κ1) is 9.85. The van der Waals surface area contributed by atoms with Crippen molar-refractivity contribution in [3.63, 3.8) is 0 Å². The number of hydrogen-bond acceptors (Lipinski definition) is 2. The van der Waals surface area contributed by atoms with E-state index in [4.69, 9.17) is 4.42 Å². The first-order valence-electron chi connectivity index (χ1n) is 5.45. The lowest BCUT2D eigenvalue weighted by Crippen LogP contribution is -1.84. The Labute approximate surface area is 99.2 Å². The van der Waals surface area contributed by atoms with Gasteiger partial charge in [-0.05, 0) is 17.7 Å². The molecule has 17 heavy (non-hydrogen) atoms. The van der Waals surface area contributed by atoms with Gasteiger partial charge in [0.15, 0.2) is 5.58 Å². The largest absolute Gasteiger partial charge is 0.436 e. The van der Waals surface area contributed by atoms with Crippen molar-refractivity contribution in [2.75, 3.05) is 0 Å². The number of aromatic nitrogens is 1. The molecule has 0 bridgehead atoms. The molecule has 0 unspecified atom stereocenters. The zero-order chi connectivity index (χ0) is 11.7. The third kappa shape index (κ3) is 1.74. The Bertz CT molecular complexity index is 634. The predicted molar refractivity (Wildman–Crippen MR) is 68.6 cm³/mol. The second-order valence-corrected chi connectivity index (χ2v) is 3.83. The molecule has 0 saturated heterocycles. The van der Waals surface area contributed by atoms with Crippen molar-refractivity contribution < 1.29 is 4.42 Å². The first-order chi connectivity index (χ1) is 8.34. The highest BCUT2D eigenvalue weighted by Gasteiger charge is 2.09. The topological polar surface area (TPSA) is 26.0 Å². The quantitative estimate of drug-likeness (QED) is 0.656. The van der Waals surface area contributed by atoms with Crippen molar-refractivity contribution in [1.29, 1.82) is 0 Å². The van der Waals surface area contributed by atoms with Crippen molar-refractivity contribution >= 4 is 16.7 Å². The van der Waals surface area contributed by atoms with E-state index in [2.05, 4.69) is 11.6 Å². The Morgan fingerprint density at radius 2 is 1.65 bits per heavy atom. The van der Waals surface area contributed by atoms with Crippen LogP contribution in [0.3, 0.4) is 0 Å². The van der Waals surface area contributed by atoms with Crippen LogP contribution in [0.2, 0.25) is 0 Å². The minimum atomic E-state index is 0.581. The first-order valence-corrected chi connectivity index (χ1v) is 5.45. The summed E-state index contributed by atoms with van der Waals surface area (Å²) in [5.41, 5.74) is 3.49. The van der Waals surface area contributed by atoms with Crippen LogP contribution in [0, 0.1) is 0 Å². The highest BCUT2D eigenvalue weighted by Crippen LogP contribution is 2.24. The van der Waals surface area contributed by atoms with Gasteiger partial charge in [0.1, 0.15) is 5.52 Å². The molecular formula is C15H11NO. The summed E-state index contributed by atoms with van der Waals surface area (Å²) in [6.07, 6.45) is 0. The Kier molecular flexibility index (Phi) is 2.26. The van der Waals surface area contributed by atoms with Gasteiger partial charge in [-0.1, -0.05) is 49.0 Å². The highest BCUT2D eigenvalue weighted by molar-refractivity contribution is 5.79. The van der Waals surface area contributed by atoms with E-state index in [-0.39, 0.29) is 0 Å². The molecule has 0 aliphatic heterocycles. The second-order valence-electron chi connectivity index (χ2n) is 3.83. The lowest BCUT2D eigenvalue weighted by molar-refractivity contribution is 0.585. The Morgan fingerprint density at radius 1 is 0.941 bits per heavy atom. The molecule has 0 spiro atoms. The van der Waals surface area contributed by atoms with Gasteiger partial charge in [-0.15, -0.1) is 0 Å². The van der Waals surface area contributed by atoms with Crippen LogP contribution in [0.15, 0.2) is 65.6 Å². The summed E-state index contributed by atoms with van der Waals surface area (Å²) in [7, 11) is 0. The van der Waals surface area contributed by atoms with Gasteiger partial charge < -0.3 is 4.42 Å². The molecule has 0 radical (unpaired) electrons. The van der Waals surface area contributed by atoms with Crippen LogP contribution in [-0.2, 0) is 0 Å². The molecule has 0 N–H and O–H groups in total. The number of hydrogen-bond donors (Lipinski definition) is 0. The van der Waals surface area contributed by atoms with Gasteiger partial charge in [-0.3, -0.25) is 0 Å². The normalized spacial score (nSPS) is 10.6. The van der Waals surface area contributed by atoms with Gasteiger partial charge in [-0.25, -0.2) is 4.98 Å². The maximum absolute atomic E-state index is 5.67. The molecule has 0 aliphatic rings. The van der Waals surface area contributed by atoms with E-state index in [9.17, 15) is 0 Å². The zero-order valence-electron chi connectivity index (χ0n) is 9.26. The number of fused-ring (bicyclic) bond motifs is 1. The minimum absolute atomic E-state index is 0.581. The molecule has 1 aromatic heterocycles. The van der Waals surface area contributed by atoms with E-state index < -0.39 is 0 Å². The third-order valence-corrected chi connectivity index (χ3v) is 2.67. The monoisotopic (exact) mass is 221 g/mol. The van der Waals surface area contributed by atoms with Gasteiger partial charge in [0.25, 0.3) is 0 Å².